The molecule has 1 aromatic heterocycles. The van der Waals surface area contributed by atoms with Crippen LogP contribution in [0, 0.1) is 19.7 Å². The van der Waals surface area contributed by atoms with Crippen molar-refractivity contribution in [3.8, 4) is 0 Å². The summed E-state index contributed by atoms with van der Waals surface area (Å²) < 4.78 is 39.7. The molecule has 96 valence electrons. The van der Waals surface area contributed by atoms with E-state index in [0.717, 1.165) is 0 Å². The molecule has 0 aliphatic heterocycles. The van der Waals surface area contributed by atoms with Crippen molar-refractivity contribution in [3.63, 3.8) is 0 Å². The fourth-order valence-electron chi connectivity index (χ4n) is 1.46. The molecule has 0 saturated heterocycles. The van der Waals surface area contributed by atoms with Gasteiger partial charge in [-0.1, -0.05) is 12.1 Å². The first-order chi connectivity index (χ1) is 8.40. The van der Waals surface area contributed by atoms with Crippen LogP contribution in [0.4, 0.5) is 10.1 Å². The van der Waals surface area contributed by atoms with Crippen LogP contribution in [-0.2, 0) is 10.0 Å². The van der Waals surface area contributed by atoms with Crippen LogP contribution in [-0.4, -0.2) is 18.4 Å². The maximum Gasteiger partial charge on any atom is 0.279 e. The normalized spacial score (nSPS) is 11.5. The SMILES string of the molecule is Cc1ncc(S(=O)(=O)Nc2cccc(C)c2F)[nH]1. The first-order valence-electron chi connectivity index (χ1n) is 5.20. The molecule has 0 atom stereocenters. The number of aromatic nitrogens is 2. The molecule has 0 spiro atoms. The number of anilines is 1. The van der Waals surface area contributed by atoms with Gasteiger partial charge in [0.05, 0.1) is 11.9 Å². The number of hydrogen-bond acceptors (Lipinski definition) is 3. The summed E-state index contributed by atoms with van der Waals surface area (Å²) in [6.45, 7) is 3.19. The summed E-state index contributed by atoms with van der Waals surface area (Å²) in [5.41, 5.74) is 0.290. The Balaban J connectivity index is 2.37. The summed E-state index contributed by atoms with van der Waals surface area (Å²) in [5.74, 6) is -0.114. The van der Waals surface area contributed by atoms with Gasteiger partial charge in [0.1, 0.15) is 11.6 Å². The molecule has 2 rings (SSSR count). The molecule has 0 aliphatic rings. The van der Waals surface area contributed by atoms with Crippen molar-refractivity contribution in [2.24, 2.45) is 0 Å². The van der Waals surface area contributed by atoms with E-state index in [2.05, 4.69) is 14.7 Å². The van der Waals surface area contributed by atoms with Crippen LogP contribution in [0.2, 0.25) is 0 Å². The minimum atomic E-state index is -3.84. The quantitative estimate of drug-likeness (QED) is 0.894. The van der Waals surface area contributed by atoms with E-state index in [1.54, 1.807) is 26.0 Å². The minimum Gasteiger partial charge on any atom is -0.332 e. The molecule has 2 aromatic rings. The van der Waals surface area contributed by atoms with Crippen LogP contribution in [0.15, 0.2) is 29.4 Å². The van der Waals surface area contributed by atoms with Gasteiger partial charge in [-0.2, -0.15) is 8.42 Å². The lowest BCUT2D eigenvalue weighted by Crippen LogP contribution is -2.14. The highest BCUT2D eigenvalue weighted by Gasteiger charge is 2.18. The van der Waals surface area contributed by atoms with Gasteiger partial charge < -0.3 is 4.98 Å². The maximum absolute atomic E-state index is 13.7. The molecule has 1 heterocycles. The average Bonchev–Trinajstić information content (AvgIpc) is 2.72. The highest BCUT2D eigenvalue weighted by molar-refractivity contribution is 7.92. The van der Waals surface area contributed by atoms with E-state index >= 15 is 0 Å². The standard InChI is InChI=1S/C11H12FN3O2S/c1-7-4-3-5-9(11(7)12)15-18(16,17)10-6-13-8(2)14-10/h3-6,15H,1-2H3,(H,13,14). The van der Waals surface area contributed by atoms with Crippen LogP contribution in [0.25, 0.3) is 0 Å². The van der Waals surface area contributed by atoms with Crippen LogP contribution in [0.1, 0.15) is 11.4 Å². The lowest BCUT2D eigenvalue weighted by Gasteiger charge is -2.08. The molecule has 0 fully saturated rings. The third-order valence-corrected chi connectivity index (χ3v) is 3.68. The Kier molecular flexibility index (Phi) is 3.08. The van der Waals surface area contributed by atoms with Crippen LogP contribution in [0.3, 0.4) is 0 Å². The Labute approximate surface area is 104 Å². The third-order valence-electron chi connectivity index (χ3n) is 2.41. The fraction of sp³-hybridized carbons (Fsp3) is 0.182. The number of nitrogens with one attached hydrogen (secondary N) is 2. The number of aromatic amines is 1. The number of aryl methyl sites for hydroxylation is 2. The van der Waals surface area contributed by atoms with Gasteiger partial charge in [0.2, 0.25) is 0 Å². The number of H-pyrrole nitrogens is 1. The predicted octanol–water partition coefficient (Wildman–Crippen LogP) is 1.97. The van der Waals surface area contributed by atoms with Gasteiger partial charge in [-0.15, -0.1) is 0 Å². The zero-order valence-corrected chi connectivity index (χ0v) is 10.7. The molecule has 18 heavy (non-hydrogen) atoms. The van der Waals surface area contributed by atoms with Crippen LogP contribution in [0.5, 0.6) is 0 Å². The third kappa shape index (κ3) is 2.35. The summed E-state index contributed by atoms with van der Waals surface area (Å²) in [5, 5.41) is -0.0964. The van der Waals surface area contributed by atoms with E-state index in [-0.39, 0.29) is 10.7 Å². The number of nitrogens with zero attached hydrogens (tertiary/aromatic N) is 1. The van der Waals surface area contributed by atoms with Crippen molar-refractivity contribution in [3.05, 3.63) is 41.6 Å². The number of hydrogen-bond donors (Lipinski definition) is 2. The zero-order valence-electron chi connectivity index (χ0n) is 9.86. The van der Waals surface area contributed by atoms with E-state index in [4.69, 9.17) is 0 Å². The molecule has 5 nitrogen and oxygen atoms in total. The van der Waals surface area contributed by atoms with Gasteiger partial charge in [0.25, 0.3) is 10.0 Å². The predicted molar refractivity (Wildman–Crippen MR) is 65.3 cm³/mol. The van der Waals surface area contributed by atoms with E-state index in [1.807, 2.05) is 0 Å². The van der Waals surface area contributed by atoms with Crippen molar-refractivity contribution >= 4 is 15.7 Å². The molecular formula is C11H12FN3O2S. The second-order valence-electron chi connectivity index (χ2n) is 3.87. The number of benzene rings is 1. The first kappa shape index (κ1) is 12.6. The van der Waals surface area contributed by atoms with E-state index in [9.17, 15) is 12.8 Å². The number of imidazole rings is 1. The monoisotopic (exact) mass is 269 g/mol. The highest BCUT2D eigenvalue weighted by Crippen LogP contribution is 2.20. The van der Waals surface area contributed by atoms with Gasteiger partial charge in [-0.25, -0.2) is 9.37 Å². The first-order valence-corrected chi connectivity index (χ1v) is 6.68. The van der Waals surface area contributed by atoms with Gasteiger partial charge in [-0.3, -0.25) is 4.72 Å². The number of sulfonamides is 1. The minimum absolute atomic E-state index is 0.0812. The number of rotatable bonds is 3. The van der Waals surface area contributed by atoms with E-state index < -0.39 is 15.8 Å². The molecule has 0 amide bonds. The van der Waals surface area contributed by atoms with Crippen molar-refractivity contribution in [2.45, 2.75) is 18.9 Å². The smallest absolute Gasteiger partial charge is 0.279 e. The van der Waals surface area contributed by atoms with Crippen molar-refractivity contribution in [1.82, 2.24) is 9.97 Å². The Hall–Kier alpha value is -1.89. The Morgan fingerprint density at radius 3 is 2.67 bits per heavy atom. The Bertz CT molecular complexity index is 679. The average molecular weight is 269 g/mol. The van der Waals surface area contributed by atoms with Gasteiger partial charge in [-0.05, 0) is 25.5 Å². The van der Waals surface area contributed by atoms with E-state index in [1.165, 1.54) is 12.3 Å². The largest absolute Gasteiger partial charge is 0.332 e. The second-order valence-corrected chi connectivity index (χ2v) is 5.53. The van der Waals surface area contributed by atoms with Crippen molar-refractivity contribution in [1.29, 1.82) is 0 Å². The molecular weight excluding hydrogens is 257 g/mol. The summed E-state index contributed by atoms with van der Waals surface area (Å²) >= 11 is 0. The second kappa shape index (κ2) is 4.41. The highest BCUT2D eigenvalue weighted by atomic mass is 32.2. The molecule has 7 heteroatoms. The fourth-order valence-corrected chi connectivity index (χ4v) is 2.49. The maximum atomic E-state index is 13.7. The van der Waals surface area contributed by atoms with Crippen molar-refractivity contribution < 1.29 is 12.8 Å². The van der Waals surface area contributed by atoms with Crippen molar-refractivity contribution in [2.75, 3.05) is 4.72 Å². The molecule has 1 aromatic carbocycles. The summed E-state index contributed by atoms with van der Waals surface area (Å²) in [6.07, 6.45) is 1.19. The Morgan fingerprint density at radius 2 is 2.06 bits per heavy atom. The van der Waals surface area contributed by atoms with Crippen LogP contribution < -0.4 is 4.72 Å². The summed E-state index contributed by atoms with van der Waals surface area (Å²) in [4.78, 5) is 6.38. The van der Waals surface area contributed by atoms with Gasteiger partial charge >= 0.3 is 0 Å². The van der Waals surface area contributed by atoms with Gasteiger partial charge in [0.15, 0.2) is 5.03 Å². The molecule has 0 bridgehead atoms. The number of halogens is 1. The lowest BCUT2D eigenvalue weighted by molar-refractivity contribution is 0.595. The molecule has 0 radical (unpaired) electrons. The summed E-state index contributed by atoms with van der Waals surface area (Å²) in [7, 11) is -3.84. The molecule has 0 unspecified atom stereocenters. The van der Waals surface area contributed by atoms with Crippen LogP contribution >= 0.6 is 0 Å². The van der Waals surface area contributed by atoms with E-state index in [0.29, 0.717) is 11.4 Å². The zero-order chi connectivity index (χ0) is 13.3. The lowest BCUT2D eigenvalue weighted by atomic mass is 10.2. The molecule has 0 saturated carbocycles. The molecule has 2 N–H and O–H groups in total. The van der Waals surface area contributed by atoms with Gasteiger partial charge in [0, 0.05) is 0 Å². The Morgan fingerprint density at radius 1 is 1.33 bits per heavy atom. The topological polar surface area (TPSA) is 74.8 Å². The summed E-state index contributed by atoms with van der Waals surface area (Å²) in [6, 6.07) is 4.51. The molecule has 0 aliphatic carbocycles.